The van der Waals surface area contributed by atoms with Gasteiger partial charge in [0.2, 0.25) is 10.0 Å². The van der Waals surface area contributed by atoms with Crippen molar-refractivity contribution < 1.29 is 13.2 Å². The lowest BCUT2D eigenvalue weighted by atomic mass is 9.95. The monoisotopic (exact) mass is 321 g/mol. The summed E-state index contributed by atoms with van der Waals surface area (Å²) in [5.74, 6) is -0.166. The lowest BCUT2D eigenvalue weighted by Gasteiger charge is -2.22. The van der Waals surface area contributed by atoms with E-state index in [2.05, 4.69) is 0 Å². The Morgan fingerprint density at radius 3 is 2.45 bits per heavy atom. The summed E-state index contributed by atoms with van der Waals surface area (Å²) in [5.41, 5.74) is 1.76. The van der Waals surface area contributed by atoms with Crippen LogP contribution in [0.5, 0.6) is 0 Å². The molecule has 0 aliphatic carbocycles. The van der Waals surface area contributed by atoms with Gasteiger partial charge in [0.25, 0.3) is 0 Å². The highest BCUT2D eigenvalue weighted by Crippen LogP contribution is 2.25. The first-order valence-electron chi connectivity index (χ1n) is 7.66. The van der Waals surface area contributed by atoms with Crippen molar-refractivity contribution in [1.29, 1.82) is 0 Å². The zero-order valence-electron chi connectivity index (χ0n) is 13.4. The highest BCUT2D eigenvalue weighted by molar-refractivity contribution is 7.89. The summed E-state index contributed by atoms with van der Waals surface area (Å²) >= 11 is 0. The molecule has 0 aromatic heterocycles. The normalized spacial score (nSPS) is 22.8. The number of aryl methyl sites for hydroxylation is 1. The molecule has 1 saturated heterocycles. The number of ketones is 1. The lowest BCUT2D eigenvalue weighted by Crippen LogP contribution is -2.35. The van der Waals surface area contributed by atoms with Gasteiger partial charge >= 0.3 is 0 Å². The van der Waals surface area contributed by atoms with Crippen LogP contribution in [0.15, 0.2) is 40.8 Å². The molecule has 2 rings (SSSR count). The highest BCUT2D eigenvalue weighted by Gasteiger charge is 2.33. The van der Waals surface area contributed by atoms with Crippen molar-refractivity contribution in [3.63, 3.8) is 0 Å². The van der Waals surface area contributed by atoms with E-state index in [0.717, 1.165) is 11.1 Å². The summed E-state index contributed by atoms with van der Waals surface area (Å²) in [6, 6.07) is 6.86. The minimum absolute atomic E-state index is 0.0895. The summed E-state index contributed by atoms with van der Waals surface area (Å²) in [6.07, 6.45) is 2.94. The van der Waals surface area contributed by atoms with Crippen LogP contribution in [0.4, 0.5) is 0 Å². The molecule has 4 nitrogen and oxygen atoms in total. The molecule has 1 aliphatic rings. The Morgan fingerprint density at radius 1 is 1.27 bits per heavy atom. The second kappa shape index (κ2) is 6.75. The molecule has 1 fully saturated rings. The van der Waals surface area contributed by atoms with Gasteiger partial charge in [-0.15, -0.1) is 0 Å². The maximum atomic E-state index is 12.8. The van der Waals surface area contributed by atoms with Gasteiger partial charge < -0.3 is 0 Å². The van der Waals surface area contributed by atoms with Crippen LogP contribution in [0, 0.1) is 12.8 Å². The highest BCUT2D eigenvalue weighted by atomic mass is 32.2. The molecule has 0 amide bonds. The van der Waals surface area contributed by atoms with Gasteiger partial charge in [-0.3, -0.25) is 4.79 Å². The number of allylic oxidation sites excluding steroid dienone is 1. The van der Waals surface area contributed by atoms with E-state index in [0.29, 0.717) is 24.3 Å². The Balaban J connectivity index is 2.34. The Kier molecular flexibility index (Phi) is 5.19. The van der Waals surface area contributed by atoms with E-state index in [4.69, 9.17) is 0 Å². The smallest absolute Gasteiger partial charge is 0.243 e. The van der Waals surface area contributed by atoms with Gasteiger partial charge in [-0.25, -0.2) is 8.42 Å². The van der Waals surface area contributed by atoms with Crippen molar-refractivity contribution in [3.05, 3.63) is 41.5 Å². The molecule has 0 N–H and O–H groups in total. The lowest BCUT2D eigenvalue weighted by molar-refractivity contribution is -0.119. The average Bonchev–Trinajstić information content (AvgIpc) is 2.66. The first-order valence-corrected chi connectivity index (χ1v) is 9.10. The maximum Gasteiger partial charge on any atom is 0.243 e. The van der Waals surface area contributed by atoms with E-state index in [1.165, 1.54) is 4.31 Å². The van der Waals surface area contributed by atoms with Crippen LogP contribution in [0.25, 0.3) is 0 Å². The third kappa shape index (κ3) is 3.31. The second-order valence-electron chi connectivity index (χ2n) is 5.71. The van der Waals surface area contributed by atoms with Gasteiger partial charge in [-0.2, -0.15) is 4.31 Å². The Bertz CT molecular complexity index is 674. The van der Waals surface area contributed by atoms with Crippen molar-refractivity contribution in [2.45, 2.75) is 38.5 Å². The number of sulfonamides is 1. The molecule has 1 atom stereocenters. The molecule has 1 aromatic carbocycles. The van der Waals surface area contributed by atoms with Crippen LogP contribution in [0.2, 0.25) is 0 Å². The summed E-state index contributed by atoms with van der Waals surface area (Å²) in [7, 11) is -3.55. The van der Waals surface area contributed by atoms with E-state index in [1.54, 1.807) is 24.3 Å². The van der Waals surface area contributed by atoms with Gasteiger partial charge in [0.05, 0.1) is 4.90 Å². The van der Waals surface area contributed by atoms with Gasteiger partial charge in [0.15, 0.2) is 5.78 Å². The van der Waals surface area contributed by atoms with Crippen LogP contribution in [0.3, 0.4) is 0 Å². The zero-order valence-corrected chi connectivity index (χ0v) is 14.2. The number of carbonyl (C=O) groups excluding carboxylic acids is 1. The van der Waals surface area contributed by atoms with E-state index in [1.807, 2.05) is 26.8 Å². The maximum absolute atomic E-state index is 12.8. The fourth-order valence-corrected chi connectivity index (χ4v) is 4.22. The molecule has 120 valence electrons. The van der Waals surface area contributed by atoms with Crippen LogP contribution in [-0.4, -0.2) is 31.6 Å². The van der Waals surface area contributed by atoms with Gasteiger partial charge in [0, 0.05) is 19.0 Å². The van der Waals surface area contributed by atoms with Crippen LogP contribution in [0.1, 0.15) is 32.3 Å². The third-order valence-electron chi connectivity index (χ3n) is 4.24. The van der Waals surface area contributed by atoms with E-state index < -0.39 is 10.0 Å². The Morgan fingerprint density at radius 2 is 1.91 bits per heavy atom. The van der Waals surface area contributed by atoms with E-state index in [-0.39, 0.29) is 18.2 Å². The van der Waals surface area contributed by atoms with Gasteiger partial charge in [-0.1, -0.05) is 30.7 Å². The number of nitrogens with zero attached hydrogens (tertiary/aromatic N) is 1. The number of Topliss-reactive ketones (excluding diaryl/α,β-unsaturated/α-hetero) is 1. The second-order valence-corrected chi connectivity index (χ2v) is 7.65. The van der Waals surface area contributed by atoms with Gasteiger partial charge in [0.1, 0.15) is 0 Å². The molecular formula is C17H23NO3S. The quantitative estimate of drug-likeness (QED) is 0.804. The predicted octanol–water partition coefficient (Wildman–Crippen LogP) is 2.93. The summed E-state index contributed by atoms with van der Waals surface area (Å²) < 4.78 is 27.1. The molecule has 0 unspecified atom stereocenters. The number of benzene rings is 1. The van der Waals surface area contributed by atoms with Crippen LogP contribution in [-0.2, 0) is 14.8 Å². The average molecular weight is 321 g/mol. The standard InChI is InChI=1S/C17H23NO3S/c1-4-14-10-11-18(12-15(5-2)17(14)19)22(20,21)16-8-6-13(3)7-9-16/h4,6-9,15H,5,10-12H2,1-3H3/b14-4-/t15-/m1/s1. The first-order chi connectivity index (χ1) is 10.4. The fourth-order valence-electron chi connectivity index (χ4n) is 2.73. The van der Waals surface area contributed by atoms with Crippen LogP contribution >= 0.6 is 0 Å². The van der Waals surface area contributed by atoms with E-state index in [9.17, 15) is 13.2 Å². The zero-order chi connectivity index (χ0) is 16.3. The molecular weight excluding hydrogens is 298 g/mol. The topological polar surface area (TPSA) is 54.5 Å². The molecule has 5 heteroatoms. The molecule has 0 saturated carbocycles. The fraction of sp³-hybridized carbons (Fsp3) is 0.471. The minimum atomic E-state index is -3.55. The molecule has 0 radical (unpaired) electrons. The SMILES string of the molecule is C/C=C1/CCN(S(=O)(=O)c2ccc(C)cc2)C[C@@H](CC)C1=O. The molecule has 0 bridgehead atoms. The Labute approximate surface area is 132 Å². The van der Waals surface area contributed by atoms with Crippen molar-refractivity contribution in [2.24, 2.45) is 5.92 Å². The number of carbonyl (C=O) groups is 1. The largest absolute Gasteiger partial charge is 0.294 e. The minimum Gasteiger partial charge on any atom is -0.294 e. The number of hydrogen-bond acceptors (Lipinski definition) is 3. The molecule has 1 aliphatic heterocycles. The summed E-state index contributed by atoms with van der Waals surface area (Å²) in [6.45, 7) is 6.31. The number of rotatable bonds is 3. The van der Waals surface area contributed by atoms with E-state index >= 15 is 0 Å². The molecule has 1 heterocycles. The summed E-state index contributed by atoms with van der Waals surface area (Å²) in [5, 5.41) is 0. The molecule has 22 heavy (non-hydrogen) atoms. The molecule has 0 spiro atoms. The Hall–Kier alpha value is -1.46. The van der Waals surface area contributed by atoms with Crippen LogP contribution < -0.4 is 0 Å². The predicted molar refractivity (Wildman–Crippen MR) is 87.1 cm³/mol. The summed E-state index contributed by atoms with van der Waals surface area (Å²) in [4.78, 5) is 12.7. The number of hydrogen-bond donors (Lipinski definition) is 0. The third-order valence-corrected chi connectivity index (χ3v) is 6.12. The molecule has 1 aromatic rings. The van der Waals surface area contributed by atoms with Crippen molar-refractivity contribution in [1.82, 2.24) is 4.31 Å². The first kappa shape index (κ1) is 16.9. The van der Waals surface area contributed by atoms with Crippen molar-refractivity contribution in [2.75, 3.05) is 13.1 Å². The van der Waals surface area contributed by atoms with Crippen molar-refractivity contribution in [3.8, 4) is 0 Å². The van der Waals surface area contributed by atoms with Gasteiger partial charge in [-0.05, 0) is 44.4 Å². The van der Waals surface area contributed by atoms with Crippen molar-refractivity contribution >= 4 is 15.8 Å².